The van der Waals surface area contributed by atoms with Gasteiger partial charge >= 0.3 is 5.51 Å². The number of alkyl halides is 3. The molecule has 0 aliphatic heterocycles. The summed E-state index contributed by atoms with van der Waals surface area (Å²) in [6.07, 6.45) is 3.20. The highest BCUT2D eigenvalue weighted by Gasteiger charge is 2.47. The molecule has 1 atom stereocenters. The summed E-state index contributed by atoms with van der Waals surface area (Å²) in [6, 6.07) is 10.1. The van der Waals surface area contributed by atoms with Gasteiger partial charge in [-0.05, 0) is 17.7 Å². The Morgan fingerprint density at radius 3 is 2.37 bits per heavy atom. The van der Waals surface area contributed by atoms with Gasteiger partial charge in [0.25, 0.3) is 15.5 Å². The molecule has 0 saturated carbocycles. The first-order valence-electron chi connectivity index (χ1n) is 8.41. The van der Waals surface area contributed by atoms with Crippen molar-refractivity contribution in [2.75, 3.05) is 5.32 Å². The number of nitro benzene ring substituents is 1. The van der Waals surface area contributed by atoms with Gasteiger partial charge in [-0.2, -0.15) is 13.2 Å². The molecule has 1 heterocycles. The predicted octanol–water partition coefficient (Wildman–Crippen LogP) is 3.82. The molecular formula is C18H15F3N4O4S. The maximum Gasteiger partial charge on any atom is 0.501 e. The normalized spacial score (nSPS) is 13.1. The second-order valence-corrected chi connectivity index (χ2v) is 8.21. The first-order chi connectivity index (χ1) is 14.0. The van der Waals surface area contributed by atoms with Gasteiger partial charge in [-0.25, -0.2) is 13.4 Å². The molecule has 0 amide bonds. The topological polar surface area (TPSA) is 107 Å². The van der Waals surface area contributed by atoms with E-state index < -0.39 is 36.9 Å². The van der Waals surface area contributed by atoms with Crippen LogP contribution in [0.4, 0.5) is 24.5 Å². The average molecular weight is 440 g/mol. The average Bonchev–Trinajstić information content (AvgIpc) is 3.11. The number of halogens is 3. The Labute approximate surface area is 169 Å². The second kappa shape index (κ2) is 7.78. The first kappa shape index (κ1) is 21.3. The minimum atomic E-state index is -5.73. The van der Waals surface area contributed by atoms with Gasteiger partial charge in [-0.15, -0.1) is 0 Å². The van der Waals surface area contributed by atoms with Crippen molar-refractivity contribution in [2.45, 2.75) is 16.4 Å². The number of anilines is 1. The number of aromatic nitrogens is 2. The Balaban J connectivity index is 2.10. The molecule has 158 valence electrons. The van der Waals surface area contributed by atoms with Crippen molar-refractivity contribution in [3.05, 3.63) is 82.4 Å². The molecule has 3 aromatic rings. The van der Waals surface area contributed by atoms with Crippen LogP contribution in [-0.2, 0) is 16.9 Å². The van der Waals surface area contributed by atoms with Gasteiger partial charge in [0.15, 0.2) is 0 Å². The van der Waals surface area contributed by atoms with E-state index in [0.29, 0.717) is 23.5 Å². The summed E-state index contributed by atoms with van der Waals surface area (Å²) in [7, 11) is -4.01. The number of imidazole rings is 1. The van der Waals surface area contributed by atoms with E-state index in [1.807, 2.05) is 0 Å². The molecular weight excluding hydrogens is 425 g/mol. The first-order valence-corrected chi connectivity index (χ1v) is 9.89. The van der Waals surface area contributed by atoms with Crippen LogP contribution in [-0.4, -0.2) is 28.4 Å². The van der Waals surface area contributed by atoms with Gasteiger partial charge < -0.3 is 9.88 Å². The predicted molar refractivity (Wildman–Crippen MR) is 101 cm³/mol. The summed E-state index contributed by atoms with van der Waals surface area (Å²) in [6.45, 7) is 0. The van der Waals surface area contributed by atoms with Crippen LogP contribution in [0.1, 0.15) is 17.4 Å². The standard InChI is InChI=1S/C18H15F3N4O4S/c1-24-10-9-22-17(24)16(12-5-3-2-4-6-12)23-14-8-7-13(11-15(14)25(26)27)30(28,29)18(19,20)21/h2-11,16,23H,1H3. The maximum atomic E-state index is 12.8. The molecule has 1 aromatic heterocycles. The zero-order valence-electron chi connectivity index (χ0n) is 15.4. The van der Waals surface area contributed by atoms with E-state index in [4.69, 9.17) is 0 Å². The molecule has 0 aliphatic rings. The molecule has 3 rings (SSSR count). The van der Waals surface area contributed by atoms with E-state index in [0.717, 1.165) is 6.07 Å². The van der Waals surface area contributed by atoms with Crippen LogP contribution in [0.3, 0.4) is 0 Å². The second-order valence-electron chi connectivity index (χ2n) is 6.27. The van der Waals surface area contributed by atoms with Crippen LogP contribution < -0.4 is 5.32 Å². The summed E-state index contributed by atoms with van der Waals surface area (Å²) >= 11 is 0. The Morgan fingerprint density at radius 1 is 1.17 bits per heavy atom. The Bertz CT molecular complexity index is 1180. The highest BCUT2D eigenvalue weighted by atomic mass is 32.2. The van der Waals surface area contributed by atoms with Gasteiger partial charge in [-0.3, -0.25) is 10.1 Å². The van der Waals surface area contributed by atoms with Gasteiger partial charge in [-0.1, -0.05) is 30.3 Å². The van der Waals surface area contributed by atoms with Crippen molar-refractivity contribution in [2.24, 2.45) is 7.05 Å². The molecule has 30 heavy (non-hydrogen) atoms. The summed E-state index contributed by atoms with van der Waals surface area (Å²) in [5.74, 6) is 0.488. The number of hydrogen-bond acceptors (Lipinski definition) is 6. The molecule has 0 fully saturated rings. The van der Waals surface area contributed by atoms with E-state index >= 15 is 0 Å². The molecule has 0 radical (unpaired) electrons. The largest absolute Gasteiger partial charge is 0.501 e. The van der Waals surface area contributed by atoms with Gasteiger partial charge in [0.2, 0.25) is 0 Å². The maximum absolute atomic E-state index is 12.8. The lowest BCUT2D eigenvalue weighted by atomic mass is 10.1. The van der Waals surface area contributed by atoms with E-state index in [2.05, 4.69) is 10.3 Å². The lowest BCUT2D eigenvalue weighted by molar-refractivity contribution is -0.384. The Morgan fingerprint density at radius 2 is 1.83 bits per heavy atom. The third kappa shape index (κ3) is 3.99. The molecule has 0 bridgehead atoms. The zero-order valence-corrected chi connectivity index (χ0v) is 16.2. The van der Waals surface area contributed by atoms with Crippen molar-refractivity contribution in [3.63, 3.8) is 0 Å². The SMILES string of the molecule is Cn1ccnc1C(Nc1ccc(S(=O)(=O)C(F)(F)F)cc1[N+](=O)[O-])c1ccccc1. The summed E-state index contributed by atoms with van der Waals surface area (Å²) < 4.78 is 63.4. The number of benzene rings is 2. The molecule has 8 nitrogen and oxygen atoms in total. The van der Waals surface area contributed by atoms with Crippen LogP contribution in [0.25, 0.3) is 0 Å². The van der Waals surface area contributed by atoms with Crippen molar-refractivity contribution in [1.29, 1.82) is 0 Å². The fourth-order valence-electron chi connectivity index (χ4n) is 2.84. The molecule has 2 aromatic carbocycles. The minimum absolute atomic E-state index is 0.155. The third-order valence-electron chi connectivity index (χ3n) is 4.33. The lowest BCUT2D eigenvalue weighted by Crippen LogP contribution is -2.23. The minimum Gasteiger partial charge on any atom is -0.366 e. The third-order valence-corrected chi connectivity index (χ3v) is 5.81. The van der Waals surface area contributed by atoms with Crippen LogP contribution in [0.15, 0.2) is 65.8 Å². The number of hydrogen-bond donors (Lipinski definition) is 1. The van der Waals surface area contributed by atoms with Crippen LogP contribution in [0.2, 0.25) is 0 Å². The summed E-state index contributed by atoms with van der Waals surface area (Å²) in [5, 5.41) is 14.4. The summed E-state index contributed by atoms with van der Waals surface area (Å²) in [4.78, 5) is 13.6. The van der Waals surface area contributed by atoms with Gasteiger partial charge in [0.1, 0.15) is 17.6 Å². The number of sulfone groups is 1. The van der Waals surface area contributed by atoms with E-state index in [1.54, 1.807) is 48.1 Å². The highest BCUT2D eigenvalue weighted by Crippen LogP contribution is 2.36. The molecule has 1 N–H and O–H groups in total. The Kier molecular flexibility index (Phi) is 5.53. The van der Waals surface area contributed by atoms with Crippen LogP contribution in [0, 0.1) is 10.1 Å². The van der Waals surface area contributed by atoms with Crippen LogP contribution >= 0.6 is 0 Å². The monoisotopic (exact) mass is 440 g/mol. The van der Waals surface area contributed by atoms with Crippen molar-refractivity contribution in [1.82, 2.24) is 9.55 Å². The van der Waals surface area contributed by atoms with Crippen molar-refractivity contribution < 1.29 is 26.5 Å². The van der Waals surface area contributed by atoms with E-state index in [9.17, 15) is 31.7 Å². The molecule has 0 saturated heterocycles. The fraction of sp³-hybridized carbons (Fsp3) is 0.167. The number of rotatable bonds is 6. The van der Waals surface area contributed by atoms with Crippen molar-refractivity contribution >= 4 is 21.2 Å². The number of nitrogens with zero attached hydrogens (tertiary/aromatic N) is 3. The Hall–Kier alpha value is -3.41. The highest BCUT2D eigenvalue weighted by molar-refractivity contribution is 7.92. The number of nitro groups is 1. The fourth-order valence-corrected chi connectivity index (χ4v) is 3.62. The molecule has 12 heteroatoms. The number of nitrogens with one attached hydrogen (secondary N) is 1. The number of aryl methyl sites for hydroxylation is 1. The van der Waals surface area contributed by atoms with Gasteiger partial charge in [0.05, 0.1) is 9.82 Å². The zero-order chi connectivity index (χ0) is 22.1. The molecule has 0 spiro atoms. The van der Waals surface area contributed by atoms with E-state index in [1.165, 1.54) is 6.20 Å². The van der Waals surface area contributed by atoms with Crippen molar-refractivity contribution in [3.8, 4) is 0 Å². The lowest BCUT2D eigenvalue weighted by Gasteiger charge is -2.20. The molecule has 1 unspecified atom stereocenters. The quantitative estimate of drug-likeness (QED) is 0.461. The van der Waals surface area contributed by atoms with Gasteiger partial charge in [0, 0.05) is 25.5 Å². The van der Waals surface area contributed by atoms with Crippen LogP contribution in [0.5, 0.6) is 0 Å². The smallest absolute Gasteiger partial charge is 0.366 e. The van der Waals surface area contributed by atoms with E-state index in [-0.39, 0.29) is 5.69 Å². The summed E-state index contributed by atoms with van der Waals surface area (Å²) in [5.41, 5.74) is -5.85. The molecule has 0 aliphatic carbocycles.